The molecule has 1 aromatic heterocycles. The van der Waals surface area contributed by atoms with E-state index in [1.807, 2.05) is 6.92 Å². The highest BCUT2D eigenvalue weighted by Crippen LogP contribution is 2.32. The normalized spacial score (nSPS) is 12.6. The summed E-state index contributed by atoms with van der Waals surface area (Å²) < 4.78 is 4.75. The van der Waals surface area contributed by atoms with E-state index in [0.29, 0.717) is 10.6 Å². The summed E-state index contributed by atoms with van der Waals surface area (Å²) in [7, 11) is 0. The van der Waals surface area contributed by atoms with E-state index in [1.165, 1.54) is 17.3 Å². The molecule has 1 aliphatic rings. The summed E-state index contributed by atoms with van der Waals surface area (Å²) in [6, 6.07) is 2.22. The molecule has 0 amide bonds. The fourth-order valence-electron chi connectivity index (χ4n) is 2.62. The quantitative estimate of drug-likeness (QED) is 0.455. The molecule has 0 saturated heterocycles. The molecule has 0 atom stereocenters. The first-order valence-corrected chi connectivity index (χ1v) is 8.28. The fraction of sp³-hybridized carbons (Fsp3) is 0.500. The van der Waals surface area contributed by atoms with Crippen LogP contribution in [0.5, 0.6) is 0 Å². The van der Waals surface area contributed by atoms with Crippen molar-refractivity contribution in [1.82, 2.24) is 4.98 Å². The zero-order chi connectivity index (χ0) is 16.1. The van der Waals surface area contributed by atoms with Crippen LogP contribution in [-0.4, -0.2) is 29.1 Å². The molecule has 5 nitrogen and oxygen atoms in total. The van der Waals surface area contributed by atoms with Gasteiger partial charge in [-0.15, -0.1) is 0 Å². The number of nitrogens with zero attached hydrogens (tertiary/aromatic N) is 2. The lowest BCUT2D eigenvalue weighted by Gasteiger charge is -2.10. The van der Waals surface area contributed by atoms with Crippen molar-refractivity contribution in [2.45, 2.75) is 44.6 Å². The van der Waals surface area contributed by atoms with E-state index in [1.54, 1.807) is 6.92 Å². The van der Waals surface area contributed by atoms with Crippen LogP contribution in [0.15, 0.2) is 5.03 Å². The standard InChI is InChI=1S/C16H18N2O3S/c1-3-21-15(20)7-11(19)9-22-16-14(8-17)13-6-4-5-12(13)10(2)18-16/h3-7,9H2,1-2H3. The summed E-state index contributed by atoms with van der Waals surface area (Å²) in [5.74, 6) is -0.599. The minimum atomic E-state index is -0.508. The zero-order valence-corrected chi connectivity index (χ0v) is 13.6. The molecule has 6 heteroatoms. The summed E-state index contributed by atoms with van der Waals surface area (Å²) in [5.41, 5.74) is 3.79. The topological polar surface area (TPSA) is 80.1 Å². The number of carbonyl (C=O) groups is 2. The summed E-state index contributed by atoms with van der Waals surface area (Å²) >= 11 is 1.23. The molecule has 0 N–H and O–H groups in total. The van der Waals surface area contributed by atoms with Crippen molar-refractivity contribution in [1.29, 1.82) is 5.26 Å². The molecule has 1 heterocycles. The molecule has 0 unspecified atom stereocenters. The Hall–Kier alpha value is -1.87. The third-order valence-electron chi connectivity index (χ3n) is 3.57. The number of carbonyl (C=O) groups excluding carboxylic acids is 2. The van der Waals surface area contributed by atoms with Gasteiger partial charge in [-0.2, -0.15) is 5.26 Å². The highest BCUT2D eigenvalue weighted by molar-refractivity contribution is 8.00. The molecule has 0 spiro atoms. The molecule has 116 valence electrons. The van der Waals surface area contributed by atoms with Gasteiger partial charge in [-0.25, -0.2) is 4.98 Å². The number of thioether (sulfide) groups is 1. The van der Waals surface area contributed by atoms with Crippen molar-refractivity contribution in [3.05, 3.63) is 22.4 Å². The summed E-state index contributed by atoms with van der Waals surface area (Å²) in [6.07, 6.45) is 2.68. The Balaban J connectivity index is 2.08. The Morgan fingerprint density at radius 1 is 1.36 bits per heavy atom. The molecule has 0 bridgehead atoms. The molecule has 0 saturated carbocycles. The van der Waals surface area contributed by atoms with Crippen molar-refractivity contribution >= 4 is 23.5 Å². The predicted octanol–water partition coefficient (Wildman–Crippen LogP) is 2.36. The average molecular weight is 318 g/mol. The average Bonchev–Trinajstić information content (AvgIpc) is 2.95. The molecule has 1 aromatic rings. The first-order chi connectivity index (χ1) is 10.6. The molecule has 2 rings (SSSR count). The Morgan fingerprint density at radius 3 is 2.77 bits per heavy atom. The van der Waals surface area contributed by atoms with Crippen LogP contribution < -0.4 is 0 Å². The molecule has 0 aliphatic heterocycles. The Labute approximate surface area is 134 Å². The number of hydrogen-bond donors (Lipinski definition) is 0. The van der Waals surface area contributed by atoms with Crippen LogP contribution in [0.3, 0.4) is 0 Å². The number of fused-ring (bicyclic) bond motifs is 1. The summed E-state index contributed by atoms with van der Waals surface area (Å²) in [6.45, 7) is 3.91. The maximum absolute atomic E-state index is 11.8. The van der Waals surface area contributed by atoms with Crippen molar-refractivity contribution < 1.29 is 14.3 Å². The zero-order valence-electron chi connectivity index (χ0n) is 12.8. The number of esters is 1. The van der Waals surface area contributed by atoms with Gasteiger partial charge in [-0.3, -0.25) is 9.59 Å². The third kappa shape index (κ3) is 3.66. The Kier molecular flexibility index (Phi) is 5.56. The molecule has 0 radical (unpaired) electrons. The molecule has 0 fully saturated rings. The van der Waals surface area contributed by atoms with Gasteiger partial charge in [0.25, 0.3) is 0 Å². The number of aryl methyl sites for hydroxylation is 1. The number of pyridine rings is 1. The van der Waals surface area contributed by atoms with Crippen molar-refractivity contribution in [2.24, 2.45) is 0 Å². The highest BCUT2D eigenvalue weighted by Gasteiger charge is 2.22. The number of hydrogen-bond acceptors (Lipinski definition) is 6. The minimum Gasteiger partial charge on any atom is -0.466 e. The van der Waals surface area contributed by atoms with Gasteiger partial charge in [0.05, 0.1) is 17.9 Å². The van der Waals surface area contributed by atoms with E-state index >= 15 is 0 Å². The molecular formula is C16H18N2O3S. The number of rotatable bonds is 6. The van der Waals surface area contributed by atoms with Crippen LogP contribution in [0.4, 0.5) is 0 Å². The van der Waals surface area contributed by atoms with Gasteiger partial charge in [0.2, 0.25) is 0 Å². The van der Waals surface area contributed by atoms with E-state index in [0.717, 1.165) is 30.5 Å². The van der Waals surface area contributed by atoms with Crippen molar-refractivity contribution in [3.8, 4) is 6.07 Å². The van der Waals surface area contributed by atoms with Gasteiger partial charge >= 0.3 is 5.97 Å². The van der Waals surface area contributed by atoms with E-state index in [9.17, 15) is 14.9 Å². The smallest absolute Gasteiger partial charge is 0.313 e. The Bertz CT molecular complexity index is 650. The third-order valence-corrected chi connectivity index (χ3v) is 4.60. The van der Waals surface area contributed by atoms with Crippen LogP contribution in [-0.2, 0) is 27.2 Å². The minimum absolute atomic E-state index is 0.124. The maximum Gasteiger partial charge on any atom is 0.313 e. The largest absolute Gasteiger partial charge is 0.466 e. The number of ether oxygens (including phenoxy) is 1. The second-order valence-electron chi connectivity index (χ2n) is 5.11. The monoisotopic (exact) mass is 318 g/mol. The first-order valence-electron chi connectivity index (χ1n) is 7.29. The van der Waals surface area contributed by atoms with E-state index < -0.39 is 5.97 Å². The van der Waals surface area contributed by atoms with Gasteiger partial charge in [0.1, 0.15) is 17.5 Å². The second-order valence-corrected chi connectivity index (χ2v) is 6.07. The number of ketones is 1. The maximum atomic E-state index is 11.8. The fourth-order valence-corrected chi connectivity index (χ4v) is 3.53. The van der Waals surface area contributed by atoms with Gasteiger partial charge in [-0.05, 0) is 44.2 Å². The molecular weight excluding hydrogens is 300 g/mol. The van der Waals surface area contributed by atoms with E-state index in [-0.39, 0.29) is 24.6 Å². The molecule has 22 heavy (non-hydrogen) atoms. The summed E-state index contributed by atoms with van der Waals surface area (Å²) in [5, 5.41) is 9.99. The lowest BCUT2D eigenvalue weighted by Crippen LogP contribution is -2.13. The van der Waals surface area contributed by atoms with Gasteiger partial charge < -0.3 is 4.74 Å². The van der Waals surface area contributed by atoms with Crippen LogP contribution >= 0.6 is 11.8 Å². The van der Waals surface area contributed by atoms with E-state index in [4.69, 9.17) is 4.74 Å². The summed E-state index contributed by atoms with van der Waals surface area (Å²) in [4.78, 5) is 27.5. The lowest BCUT2D eigenvalue weighted by atomic mass is 10.1. The first kappa shape index (κ1) is 16.5. The van der Waals surface area contributed by atoms with Crippen LogP contribution in [0, 0.1) is 18.3 Å². The van der Waals surface area contributed by atoms with Crippen LogP contribution in [0.2, 0.25) is 0 Å². The van der Waals surface area contributed by atoms with Crippen molar-refractivity contribution in [3.63, 3.8) is 0 Å². The molecule has 0 aromatic carbocycles. The highest BCUT2D eigenvalue weighted by atomic mass is 32.2. The molecule has 1 aliphatic carbocycles. The Morgan fingerprint density at radius 2 is 2.09 bits per heavy atom. The predicted molar refractivity (Wildman–Crippen MR) is 82.7 cm³/mol. The SMILES string of the molecule is CCOC(=O)CC(=O)CSc1nc(C)c2c(c1C#N)CCC2. The van der Waals surface area contributed by atoms with E-state index in [2.05, 4.69) is 11.1 Å². The van der Waals surface area contributed by atoms with Crippen LogP contribution in [0.25, 0.3) is 0 Å². The number of nitriles is 1. The van der Waals surface area contributed by atoms with Crippen molar-refractivity contribution in [2.75, 3.05) is 12.4 Å². The second kappa shape index (κ2) is 7.41. The number of aromatic nitrogens is 1. The van der Waals surface area contributed by atoms with Gasteiger partial charge in [0, 0.05) is 5.69 Å². The lowest BCUT2D eigenvalue weighted by molar-refractivity contribution is -0.145. The number of Topliss-reactive ketones (excluding diaryl/α,β-unsaturated/α-hetero) is 1. The van der Waals surface area contributed by atoms with Gasteiger partial charge in [0.15, 0.2) is 5.78 Å². The van der Waals surface area contributed by atoms with Gasteiger partial charge in [-0.1, -0.05) is 11.8 Å². The van der Waals surface area contributed by atoms with Crippen LogP contribution in [0.1, 0.15) is 42.1 Å².